The largest absolute Gasteiger partial charge is 0.422 e. The molecule has 1 heterocycles. The van der Waals surface area contributed by atoms with Gasteiger partial charge < -0.3 is 10.4 Å². The number of aromatic amines is 1. The molecule has 0 atom stereocenters. The van der Waals surface area contributed by atoms with Gasteiger partial charge in [-0.05, 0) is 6.92 Å². The van der Waals surface area contributed by atoms with Crippen molar-refractivity contribution in [1.29, 1.82) is 5.26 Å². The molecule has 0 aromatic carbocycles. The van der Waals surface area contributed by atoms with E-state index in [1.54, 1.807) is 0 Å². The van der Waals surface area contributed by atoms with Crippen LogP contribution in [0.4, 0.5) is 0 Å². The SMILES string of the molecule is CC[n+]1cc[nH]c1C.N#CN=C=[N-]. The minimum Gasteiger partial charge on any atom is -0.422 e. The molecule has 0 saturated carbocycles. The summed E-state index contributed by atoms with van der Waals surface area (Å²) in [5.74, 6) is 1.22. The van der Waals surface area contributed by atoms with Crippen LogP contribution in [0.15, 0.2) is 17.4 Å². The van der Waals surface area contributed by atoms with Crippen molar-refractivity contribution in [3.8, 4) is 6.19 Å². The van der Waals surface area contributed by atoms with Crippen LogP contribution in [0.1, 0.15) is 12.7 Å². The highest BCUT2D eigenvalue weighted by molar-refractivity contribution is 5.46. The number of H-pyrrole nitrogens is 1. The van der Waals surface area contributed by atoms with Crippen LogP contribution in [0.2, 0.25) is 0 Å². The van der Waals surface area contributed by atoms with Gasteiger partial charge in [-0.15, -0.1) is 6.01 Å². The van der Waals surface area contributed by atoms with E-state index in [0.717, 1.165) is 6.54 Å². The third-order valence-electron chi connectivity index (χ3n) is 1.42. The molecule has 0 aliphatic rings. The standard InChI is InChI=1S/C6H10N2.C2N3/c1-3-8-5-4-7-6(8)2;3-1-5-2-4/h4-5H,3H2,1-2H3;/q;-1/p+1. The molecule has 13 heavy (non-hydrogen) atoms. The van der Waals surface area contributed by atoms with Crippen molar-refractivity contribution in [3.63, 3.8) is 0 Å². The lowest BCUT2D eigenvalue weighted by Gasteiger charge is -1.86. The highest BCUT2D eigenvalue weighted by atomic mass is 15.0. The molecule has 68 valence electrons. The van der Waals surface area contributed by atoms with Gasteiger partial charge in [0.2, 0.25) is 0 Å². The number of aromatic nitrogens is 2. The summed E-state index contributed by atoms with van der Waals surface area (Å²) in [4.78, 5) is 5.67. The maximum Gasteiger partial charge on any atom is 0.250 e. The van der Waals surface area contributed by atoms with E-state index in [0.29, 0.717) is 0 Å². The van der Waals surface area contributed by atoms with Crippen LogP contribution in [-0.2, 0) is 6.54 Å². The Balaban J connectivity index is 0.000000252. The summed E-state index contributed by atoms with van der Waals surface area (Å²) in [6, 6.07) is 1.28. The fraction of sp³-hybridized carbons (Fsp3) is 0.375. The average Bonchev–Trinajstić information content (AvgIpc) is 2.53. The van der Waals surface area contributed by atoms with Crippen LogP contribution >= 0.6 is 0 Å². The highest BCUT2D eigenvalue weighted by Gasteiger charge is 1.97. The normalized spacial score (nSPS) is 7.46. The molecule has 0 aliphatic carbocycles. The highest BCUT2D eigenvalue weighted by Crippen LogP contribution is 1.78. The first-order valence-electron chi connectivity index (χ1n) is 3.77. The lowest BCUT2D eigenvalue weighted by molar-refractivity contribution is -0.698. The van der Waals surface area contributed by atoms with Gasteiger partial charge in [0, 0.05) is 6.92 Å². The zero-order chi connectivity index (χ0) is 10.1. The van der Waals surface area contributed by atoms with Crippen molar-refractivity contribution in [1.82, 2.24) is 4.98 Å². The predicted molar refractivity (Wildman–Crippen MR) is 47.8 cm³/mol. The van der Waals surface area contributed by atoms with Crippen molar-refractivity contribution >= 4 is 6.01 Å². The van der Waals surface area contributed by atoms with Crippen LogP contribution in [0.3, 0.4) is 0 Å². The van der Waals surface area contributed by atoms with Gasteiger partial charge in [-0.25, -0.2) is 9.55 Å². The molecule has 1 rings (SSSR count). The number of hydrogen-bond acceptors (Lipinski definition) is 2. The summed E-state index contributed by atoms with van der Waals surface area (Å²) in [5.41, 5.74) is 0. The number of nitriles is 1. The second-order valence-corrected chi connectivity index (χ2v) is 2.14. The molecular formula is C8H11N5. The Morgan fingerprint density at radius 1 is 1.77 bits per heavy atom. The second-order valence-electron chi connectivity index (χ2n) is 2.14. The summed E-state index contributed by atoms with van der Waals surface area (Å²) in [6.45, 7) is 5.24. The van der Waals surface area contributed by atoms with E-state index in [4.69, 9.17) is 10.7 Å². The van der Waals surface area contributed by atoms with Gasteiger partial charge in [-0.2, -0.15) is 5.26 Å². The number of aryl methyl sites for hydroxylation is 2. The Labute approximate surface area is 76.9 Å². The fourth-order valence-corrected chi connectivity index (χ4v) is 0.807. The Morgan fingerprint density at radius 3 is 2.62 bits per heavy atom. The van der Waals surface area contributed by atoms with E-state index in [1.165, 1.54) is 18.0 Å². The molecule has 0 saturated heterocycles. The molecule has 0 bridgehead atoms. The van der Waals surface area contributed by atoms with Crippen molar-refractivity contribution in [2.24, 2.45) is 4.99 Å². The van der Waals surface area contributed by atoms with Crippen molar-refractivity contribution in [2.45, 2.75) is 20.4 Å². The van der Waals surface area contributed by atoms with E-state index >= 15 is 0 Å². The quantitative estimate of drug-likeness (QED) is 0.385. The molecule has 0 unspecified atom stereocenters. The number of hydrogen-bond donors (Lipinski definition) is 1. The summed E-state index contributed by atoms with van der Waals surface area (Å²) in [5, 5.41) is 14.9. The summed E-state index contributed by atoms with van der Waals surface area (Å²) < 4.78 is 2.15. The van der Waals surface area contributed by atoms with Crippen LogP contribution in [0.5, 0.6) is 0 Å². The zero-order valence-corrected chi connectivity index (χ0v) is 7.65. The number of imidazole rings is 1. The Bertz CT molecular complexity index is 327. The summed E-state index contributed by atoms with van der Waals surface area (Å²) >= 11 is 0. The third kappa shape index (κ3) is 4.51. The predicted octanol–water partition coefficient (Wildman–Crippen LogP) is 0.841. The van der Waals surface area contributed by atoms with Gasteiger partial charge >= 0.3 is 0 Å². The van der Waals surface area contributed by atoms with Crippen LogP contribution in [-0.4, -0.2) is 11.0 Å². The Kier molecular flexibility index (Phi) is 5.77. The maximum atomic E-state index is 7.43. The van der Waals surface area contributed by atoms with E-state index in [2.05, 4.69) is 28.4 Å². The van der Waals surface area contributed by atoms with Gasteiger partial charge in [0.15, 0.2) is 0 Å². The first-order chi connectivity index (χ1) is 6.26. The Hall–Kier alpha value is -1.92. The zero-order valence-electron chi connectivity index (χ0n) is 7.65. The van der Waals surface area contributed by atoms with Crippen LogP contribution < -0.4 is 4.57 Å². The Morgan fingerprint density at radius 2 is 2.46 bits per heavy atom. The van der Waals surface area contributed by atoms with E-state index in [-0.39, 0.29) is 0 Å². The number of rotatable bonds is 1. The van der Waals surface area contributed by atoms with E-state index in [9.17, 15) is 0 Å². The summed E-state index contributed by atoms with van der Waals surface area (Å²) in [7, 11) is 0. The monoisotopic (exact) mass is 177 g/mol. The van der Waals surface area contributed by atoms with Gasteiger partial charge in [0.1, 0.15) is 12.4 Å². The molecule has 5 nitrogen and oxygen atoms in total. The van der Waals surface area contributed by atoms with Gasteiger partial charge in [0.25, 0.3) is 5.82 Å². The lowest BCUT2D eigenvalue weighted by Crippen LogP contribution is -2.32. The number of aliphatic imine (C=N–C) groups is 1. The maximum absolute atomic E-state index is 7.43. The molecule has 0 amide bonds. The van der Waals surface area contributed by atoms with Crippen molar-refractivity contribution in [2.75, 3.05) is 0 Å². The minimum atomic E-state index is 1.05. The summed E-state index contributed by atoms with van der Waals surface area (Å²) in [6.07, 6.45) is 5.26. The molecule has 0 aliphatic heterocycles. The smallest absolute Gasteiger partial charge is 0.250 e. The first-order valence-corrected chi connectivity index (χ1v) is 3.77. The first kappa shape index (κ1) is 11.1. The molecular weight excluding hydrogens is 166 g/mol. The molecule has 0 fully saturated rings. The van der Waals surface area contributed by atoms with Crippen LogP contribution in [0.25, 0.3) is 5.41 Å². The fourth-order valence-electron chi connectivity index (χ4n) is 0.807. The molecule has 1 N–H and O–H groups in total. The van der Waals surface area contributed by atoms with Gasteiger partial charge in [-0.3, -0.25) is 0 Å². The molecule has 1 aromatic heterocycles. The van der Waals surface area contributed by atoms with Gasteiger partial charge in [0.05, 0.1) is 12.7 Å². The molecule has 0 spiro atoms. The minimum absolute atomic E-state index is 1.05. The lowest BCUT2D eigenvalue weighted by atomic mass is 10.6. The average molecular weight is 177 g/mol. The molecule has 5 heteroatoms. The van der Waals surface area contributed by atoms with E-state index in [1.807, 2.05) is 12.4 Å². The second kappa shape index (κ2) is 6.77. The number of nitrogens with zero attached hydrogens (tertiary/aromatic N) is 4. The molecule has 0 radical (unpaired) electrons. The van der Waals surface area contributed by atoms with Gasteiger partial charge in [-0.1, -0.05) is 0 Å². The molecule has 1 aromatic rings. The van der Waals surface area contributed by atoms with Crippen LogP contribution in [0, 0.1) is 18.4 Å². The van der Waals surface area contributed by atoms with E-state index < -0.39 is 0 Å². The number of nitrogens with one attached hydrogen (secondary N) is 1. The third-order valence-corrected chi connectivity index (χ3v) is 1.42. The van der Waals surface area contributed by atoms with Crippen molar-refractivity contribution in [3.05, 3.63) is 23.6 Å². The topological polar surface area (TPSA) is 78.1 Å². The van der Waals surface area contributed by atoms with Crippen molar-refractivity contribution < 1.29 is 4.57 Å².